The Balaban J connectivity index is 1.76. The van der Waals surface area contributed by atoms with Crippen LogP contribution in [0.4, 0.5) is 0 Å². The van der Waals surface area contributed by atoms with Crippen molar-refractivity contribution in [1.82, 2.24) is 14.5 Å². The summed E-state index contributed by atoms with van der Waals surface area (Å²) in [7, 11) is 0. The average Bonchev–Trinajstić information content (AvgIpc) is 3.34. The van der Waals surface area contributed by atoms with Crippen LogP contribution in [0.5, 0.6) is 0 Å². The molecular weight excluding hydrogens is 332 g/mol. The number of aromatic amines is 1. The second kappa shape index (κ2) is 6.74. The molecule has 0 amide bonds. The normalized spacial score (nSPS) is 15.6. The number of nitrogens with zero attached hydrogens (tertiary/aromatic N) is 3. The molecule has 0 atom stereocenters. The standard InChI is InChI=1S/C23H26N4/c1-14-9-21-22(10-15(14)2)26-23(25-21)19(13-24)12-18-11-16(3)27(17(18)4)20-7-5-6-8-20/h9-12,20H,5-8H2,1-4H3,(H,25,26)/b19-12-. The lowest BCUT2D eigenvalue weighted by molar-refractivity contribution is 0.500. The zero-order chi connectivity index (χ0) is 19.1. The van der Waals surface area contributed by atoms with Crippen LogP contribution in [0.2, 0.25) is 0 Å². The van der Waals surface area contributed by atoms with Gasteiger partial charge in [0.25, 0.3) is 0 Å². The molecule has 138 valence electrons. The van der Waals surface area contributed by atoms with Gasteiger partial charge in [0, 0.05) is 17.4 Å². The highest BCUT2D eigenvalue weighted by Crippen LogP contribution is 2.34. The number of fused-ring (bicyclic) bond motifs is 1. The molecule has 27 heavy (non-hydrogen) atoms. The first-order valence-corrected chi connectivity index (χ1v) is 9.75. The van der Waals surface area contributed by atoms with E-state index in [0.29, 0.717) is 17.4 Å². The Labute approximate surface area is 160 Å². The first kappa shape index (κ1) is 17.6. The fourth-order valence-corrected chi connectivity index (χ4v) is 4.38. The van der Waals surface area contributed by atoms with Gasteiger partial charge in [-0.15, -0.1) is 0 Å². The summed E-state index contributed by atoms with van der Waals surface area (Å²) in [6.45, 7) is 8.51. The van der Waals surface area contributed by atoms with Gasteiger partial charge in [-0.25, -0.2) is 4.98 Å². The summed E-state index contributed by atoms with van der Waals surface area (Å²) >= 11 is 0. The van der Waals surface area contributed by atoms with Crippen molar-refractivity contribution in [1.29, 1.82) is 5.26 Å². The van der Waals surface area contributed by atoms with Crippen LogP contribution >= 0.6 is 0 Å². The molecule has 0 saturated heterocycles. The minimum absolute atomic E-state index is 0.577. The molecule has 1 saturated carbocycles. The number of hydrogen-bond acceptors (Lipinski definition) is 2. The first-order chi connectivity index (χ1) is 13.0. The third-order valence-corrected chi connectivity index (χ3v) is 5.99. The van der Waals surface area contributed by atoms with Crippen molar-refractivity contribution >= 4 is 22.7 Å². The SMILES string of the molecule is Cc1cc2nc(/C(C#N)=C\c3cc(C)n(C4CCCC4)c3C)[nH]c2cc1C. The van der Waals surface area contributed by atoms with Gasteiger partial charge in [-0.3, -0.25) is 0 Å². The highest BCUT2D eigenvalue weighted by molar-refractivity contribution is 5.91. The van der Waals surface area contributed by atoms with Crippen molar-refractivity contribution in [2.24, 2.45) is 0 Å². The number of benzene rings is 1. The number of allylic oxidation sites excluding steroid dienone is 1. The Morgan fingerprint density at radius 2 is 1.85 bits per heavy atom. The second-order valence-corrected chi connectivity index (χ2v) is 7.84. The third-order valence-electron chi connectivity index (χ3n) is 5.99. The number of rotatable bonds is 3. The smallest absolute Gasteiger partial charge is 0.149 e. The van der Waals surface area contributed by atoms with Crippen molar-refractivity contribution in [3.63, 3.8) is 0 Å². The molecule has 0 radical (unpaired) electrons. The van der Waals surface area contributed by atoms with Crippen molar-refractivity contribution in [3.8, 4) is 6.07 Å². The summed E-state index contributed by atoms with van der Waals surface area (Å²) in [6.07, 6.45) is 7.12. The van der Waals surface area contributed by atoms with Crippen molar-refractivity contribution in [2.45, 2.75) is 59.4 Å². The van der Waals surface area contributed by atoms with Gasteiger partial charge in [0.05, 0.1) is 16.6 Å². The Kier molecular flexibility index (Phi) is 4.39. The molecule has 1 aliphatic rings. The maximum absolute atomic E-state index is 9.77. The minimum atomic E-state index is 0.577. The van der Waals surface area contributed by atoms with Gasteiger partial charge in [-0.1, -0.05) is 12.8 Å². The summed E-state index contributed by atoms with van der Waals surface area (Å²) in [5.74, 6) is 0.642. The summed E-state index contributed by atoms with van der Waals surface area (Å²) in [5, 5.41) is 9.77. The predicted octanol–water partition coefficient (Wildman–Crippen LogP) is 5.78. The largest absolute Gasteiger partial charge is 0.346 e. The lowest BCUT2D eigenvalue weighted by atomic mass is 10.1. The highest BCUT2D eigenvalue weighted by Gasteiger charge is 2.21. The number of aromatic nitrogens is 3. The Bertz CT molecular complexity index is 1040. The molecule has 2 heterocycles. The molecule has 2 aromatic heterocycles. The van der Waals surface area contributed by atoms with Crippen molar-refractivity contribution in [3.05, 3.63) is 52.1 Å². The molecule has 0 spiro atoms. The van der Waals surface area contributed by atoms with Gasteiger partial charge in [0.1, 0.15) is 11.9 Å². The van der Waals surface area contributed by atoms with E-state index in [1.54, 1.807) is 0 Å². The Morgan fingerprint density at radius 3 is 2.56 bits per heavy atom. The van der Waals surface area contributed by atoms with Gasteiger partial charge < -0.3 is 9.55 Å². The summed E-state index contributed by atoms with van der Waals surface area (Å²) in [5.41, 5.74) is 8.53. The zero-order valence-electron chi connectivity index (χ0n) is 16.6. The van der Waals surface area contributed by atoms with Crippen LogP contribution in [0.1, 0.15) is 65.6 Å². The topological polar surface area (TPSA) is 57.4 Å². The molecule has 1 aliphatic carbocycles. The maximum Gasteiger partial charge on any atom is 0.149 e. The van der Waals surface area contributed by atoms with Crippen LogP contribution < -0.4 is 0 Å². The second-order valence-electron chi connectivity index (χ2n) is 7.84. The van der Waals surface area contributed by atoms with E-state index in [1.165, 1.54) is 48.2 Å². The predicted molar refractivity (Wildman–Crippen MR) is 110 cm³/mol. The number of aryl methyl sites for hydroxylation is 3. The first-order valence-electron chi connectivity index (χ1n) is 9.75. The van der Waals surface area contributed by atoms with Gasteiger partial charge in [0.2, 0.25) is 0 Å². The van der Waals surface area contributed by atoms with E-state index >= 15 is 0 Å². The monoisotopic (exact) mass is 358 g/mol. The average molecular weight is 358 g/mol. The summed E-state index contributed by atoms with van der Waals surface area (Å²) < 4.78 is 2.46. The minimum Gasteiger partial charge on any atom is -0.346 e. The number of nitrogens with one attached hydrogen (secondary N) is 1. The zero-order valence-corrected chi connectivity index (χ0v) is 16.6. The summed E-state index contributed by atoms with van der Waals surface area (Å²) in [6, 6.07) is 9.32. The summed E-state index contributed by atoms with van der Waals surface area (Å²) in [4.78, 5) is 7.99. The van der Waals surface area contributed by atoms with Crippen molar-refractivity contribution < 1.29 is 0 Å². The van der Waals surface area contributed by atoms with Crippen LogP contribution in [0.15, 0.2) is 18.2 Å². The van der Waals surface area contributed by atoms with Gasteiger partial charge in [-0.05, 0) is 81.5 Å². The van der Waals surface area contributed by atoms with E-state index in [9.17, 15) is 5.26 Å². The molecule has 3 aromatic rings. The molecule has 0 aliphatic heterocycles. The van der Waals surface area contributed by atoms with Crippen LogP contribution in [0.25, 0.3) is 22.7 Å². The number of nitriles is 1. The van der Waals surface area contributed by atoms with Crippen LogP contribution in [-0.2, 0) is 0 Å². The van der Waals surface area contributed by atoms with Crippen LogP contribution in [-0.4, -0.2) is 14.5 Å². The Hall–Kier alpha value is -2.80. The van der Waals surface area contributed by atoms with E-state index in [0.717, 1.165) is 16.6 Å². The molecule has 1 aromatic carbocycles. The van der Waals surface area contributed by atoms with Crippen LogP contribution in [0.3, 0.4) is 0 Å². The van der Waals surface area contributed by atoms with E-state index in [-0.39, 0.29) is 0 Å². The van der Waals surface area contributed by atoms with Gasteiger partial charge >= 0.3 is 0 Å². The maximum atomic E-state index is 9.77. The third kappa shape index (κ3) is 3.08. The fraction of sp³-hybridized carbons (Fsp3) is 0.391. The fourth-order valence-electron chi connectivity index (χ4n) is 4.38. The van der Waals surface area contributed by atoms with E-state index in [1.807, 2.05) is 6.08 Å². The van der Waals surface area contributed by atoms with E-state index in [2.05, 4.69) is 66.5 Å². The van der Waals surface area contributed by atoms with E-state index in [4.69, 9.17) is 0 Å². The molecule has 1 fully saturated rings. The van der Waals surface area contributed by atoms with Crippen molar-refractivity contribution in [2.75, 3.05) is 0 Å². The molecule has 1 N–H and O–H groups in total. The molecular formula is C23H26N4. The van der Waals surface area contributed by atoms with Gasteiger partial charge in [-0.2, -0.15) is 5.26 Å². The lowest BCUT2D eigenvalue weighted by Gasteiger charge is -2.17. The van der Waals surface area contributed by atoms with Crippen LogP contribution in [0, 0.1) is 39.0 Å². The molecule has 4 nitrogen and oxygen atoms in total. The molecule has 0 bridgehead atoms. The number of imidazole rings is 1. The molecule has 4 heteroatoms. The number of H-pyrrole nitrogens is 1. The van der Waals surface area contributed by atoms with Gasteiger partial charge in [0.15, 0.2) is 0 Å². The number of hydrogen-bond donors (Lipinski definition) is 1. The van der Waals surface area contributed by atoms with E-state index < -0.39 is 0 Å². The molecule has 4 rings (SSSR count). The quantitative estimate of drug-likeness (QED) is 0.604. The Morgan fingerprint density at radius 1 is 1.15 bits per heavy atom. The highest BCUT2D eigenvalue weighted by atomic mass is 15.0. The molecule has 0 unspecified atom stereocenters. The lowest BCUT2D eigenvalue weighted by Crippen LogP contribution is -2.08.